The lowest BCUT2D eigenvalue weighted by atomic mass is 10.0. The van der Waals surface area contributed by atoms with Gasteiger partial charge in [0.2, 0.25) is 0 Å². The zero-order chi connectivity index (χ0) is 15.8. The Bertz CT molecular complexity index is 932. The van der Waals surface area contributed by atoms with Crippen molar-refractivity contribution in [2.45, 2.75) is 6.42 Å². The summed E-state index contributed by atoms with van der Waals surface area (Å²) < 4.78 is 7.16. The minimum Gasteiger partial charge on any atom is -0.493 e. The Labute approximate surface area is 137 Å². The first-order chi connectivity index (χ1) is 11.2. The Hall–Kier alpha value is -2.59. The van der Waals surface area contributed by atoms with E-state index in [4.69, 9.17) is 16.3 Å². The van der Waals surface area contributed by atoms with E-state index in [-0.39, 0.29) is 5.56 Å². The number of halogens is 1. The molecule has 0 radical (unpaired) electrons. The molecule has 0 fully saturated rings. The predicted molar refractivity (Wildman–Crippen MR) is 89.5 cm³/mol. The van der Waals surface area contributed by atoms with Crippen LogP contribution >= 0.6 is 11.6 Å². The van der Waals surface area contributed by atoms with E-state index in [0.717, 1.165) is 22.6 Å². The van der Waals surface area contributed by atoms with Gasteiger partial charge in [-0.3, -0.25) is 4.79 Å². The van der Waals surface area contributed by atoms with Crippen LogP contribution < -0.4 is 10.3 Å². The smallest absolute Gasteiger partial charge is 0.271 e. The molecule has 1 aliphatic heterocycles. The molecule has 1 aromatic heterocycles. The molecule has 1 aliphatic rings. The van der Waals surface area contributed by atoms with Crippen LogP contribution in [0.1, 0.15) is 5.56 Å². The van der Waals surface area contributed by atoms with E-state index >= 15 is 0 Å². The van der Waals surface area contributed by atoms with Crippen molar-refractivity contribution in [3.05, 3.63) is 75.5 Å². The number of aromatic nitrogens is 2. The van der Waals surface area contributed by atoms with E-state index < -0.39 is 0 Å². The molecule has 0 saturated carbocycles. The molecule has 23 heavy (non-hydrogen) atoms. The Balaban J connectivity index is 1.95. The fourth-order valence-corrected chi connectivity index (χ4v) is 2.86. The van der Waals surface area contributed by atoms with E-state index in [1.54, 1.807) is 30.3 Å². The van der Waals surface area contributed by atoms with Crippen LogP contribution in [-0.2, 0) is 6.42 Å². The Morgan fingerprint density at radius 1 is 1.09 bits per heavy atom. The van der Waals surface area contributed by atoms with Crippen LogP contribution in [0.2, 0.25) is 5.02 Å². The molecule has 0 saturated heterocycles. The molecule has 0 bridgehead atoms. The fraction of sp³-hybridized carbons (Fsp3) is 0.111. The molecule has 0 spiro atoms. The lowest BCUT2D eigenvalue weighted by Crippen LogP contribution is -2.22. The lowest BCUT2D eigenvalue weighted by molar-refractivity contribution is 0.326. The molecule has 4 nitrogen and oxygen atoms in total. The van der Waals surface area contributed by atoms with Crippen LogP contribution in [0.25, 0.3) is 16.9 Å². The average Bonchev–Trinajstić information content (AvgIpc) is 2.74. The average molecular weight is 325 g/mol. The molecule has 0 aliphatic carbocycles. The number of para-hydroxylation sites is 1. The number of rotatable bonds is 1. The lowest BCUT2D eigenvalue weighted by Gasteiger charge is -2.10. The van der Waals surface area contributed by atoms with Crippen LogP contribution in [0.5, 0.6) is 5.75 Å². The highest BCUT2D eigenvalue weighted by Gasteiger charge is 2.18. The van der Waals surface area contributed by atoms with Gasteiger partial charge in [0.15, 0.2) is 0 Å². The van der Waals surface area contributed by atoms with Crippen molar-refractivity contribution in [1.82, 2.24) is 9.78 Å². The molecule has 0 amide bonds. The maximum Gasteiger partial charge on any atom is 0.271 e. The molecule has 3 aromatic rings. The maximum atomic E-state index is 12.4. The van der Waals surface area contributed by atoms with Crippen molar-refractivity contribution >= 4 is 11.6 Å². The topological polar surface area (TPSA) is 44.1 Å². The van der Waals surface area contributed by atoms with Crippen LogP contribution in [-0.4, -0.2) is 16.4 Å². The summed E-state index contributed by atoms with van der Waals surface area (Å²) in [7, 11) is 0. The van der Waals surface area contributed by atoms with E-state index in [1.165, 1.54) is 4.68 Å². The summed E-state index contributed by atoms with van der Waals surface area (Å²) in [6.07, 6.45) is 0.660. The number of hydrogen-bond acceptors (Lipinski definition) is 3. The highest BCUT2D eigenvalue weighted by Crippen LogP contribution is 2.33. The number of benzene rings is 2. The highest BCUT2D eigenvalue weighted by molar-refractivity contribution is 6.30. The second-order valence-electron chi connectivity index (χ2n) is 5.34. The summed E-state index contributed by atoms with van der Waals surface area (Å²) in [4.78, 5) is 12.4. The second-order valence-corrected chi connectivity index (χ2v) is 5.78. The van der Waals surface area contributed by atoms with E-state index in [0.29, 0.717) is 23.7 Å². The van der Waals surface area contributed by atoms with Gasteiger partial charge in [0.05, 0.1) is 18.0 Å². The zero-order valence-electron chi connectivity index (χ0n) is 12.2. The van der Waals surface area contributed by atoms with Gasteiger partial charge in [-0.15, -0.1) is 0 Å². The van der Waals surface area contributed by atoms with Crippen molar-refractivity contribution in [3.63, 3.8) is 0 Å². The summed E-state index contributed by atoms with van der Waals surface area (Å²) >= 11 is 5.92. The zero-order valence-corrected chi connectivity index (χ0v) is 13.0. The first kappa shape index (κ1) is 14.0. The maximum absolute atomic E-state index is 12.4. The quantitative estimate of drug-likeness (QED) is 0.688. The molecule has 2 heterocycles. The molecule has 0 N–H and O–H groups in total. The van der Waals surface area contributed by atoms with Crippen LogP contribution in [0.15, 0.2) is 59.4 Å². The van der Waals surface area contributed by atoms with Gasteiger partial charge in [-0.25, -0.2) is 0 Å². The summed E-state index contributed by atoms with van der Waals surface area (Å²) in [6.45, 7) is 0.538. The van der Waals surface area contributed by atoms with Crippen molar-refractivity contribution < 1.29 is 4.74 Å². The summed E-state index contributed by atoms with van der Waals surface area (Å²) in [5.41, 5.74) is 3.12. The number of hydrogen-bond donors (Lipinski definition) is 0. The Morgan fingerprint density at radius 3 is 2.70 bits per heavy atom. The summed E-state index contributed by atoms with van der Waals surface area (Å²) in [5.74, 6) is 0.792. The van der Waals surface area contributed by atoms with E-state index in [9.17, 15) is 4.79 Å². The molecular weight excluding hydrogens is 312 g/mol. The minimum atomic E-state index is -0.162. The monoisotopic (exact) mass is 324 g/mol. The third-order valence-corrected chi connectivity index (χ3v) is 4.10. The molecular formula is C18H13ClN2O2. The largest absolute Gasteiger partial charge is 0.493 e. The summed E-state index contributed by atoms with van der Waals surface area (Å²) in [6, 6.07) is 16.4. The first-order valence-electron chi connectivity index (χ1n) is 7.34. The summed E-state index contributed by atoms with van der Waals surface area (Å²) in [5, 5.41) is 5.22. The van der Waals surface area contributed by atoms with Gasteiger partial charge in [0.1, 0.15) is 5.75 Å². The molecule has 114 valence electrons. The third-order valence-electron chi connectivity index (χ3n) is 3.85. The minimum absolute atomic E-state index is 0.162. The van der Waals surface area contributed by atoms with Gasteiger partial charge in [0.25, 0.3) is 5.56 Å². The SMILES string of the molecule is O=c1cc2c(nn1-c1ccc(Cl)cc1)-c1ccccc1OCC2. The van der Waals surface area contributed by atoms with Crippen LogP contribution in [0.4, 0.5) is 0 Å². The molecule has 4 rings (SSSR count). The molecule has 2 aromatic carbocycles. The first-order valence-corrected chi connectivity index (χ1v) is 7.71. The van der Waals surface area contributed by atoms with Gasteiger partial charge in [0, 0.05) is 23.1 Å². The van der Waals surface area contributed by atoms with Gasteiger partial charge in [-0.05, 0) is 42.0 Å². The van der Waals surface area contributed by atoms with Gasteiger partial charge < -0.3 is 4.74 Å². The second kappa shape index (κ2) is 5.56. The van der Waals surface area contributed by atoms with Gasteiger partial charge in [-0.1, -0.05) is 23.7 Å². The highest BCUT2D eigenvalue weighted by atomic mass is 35.5. The standard InChI is InChI=1S/C18H13ClN2O2/c19-13-5-7-14(8-6-13)21-17(22)11-12-9-10-23-16-4-2-1-3-15(16)18(12)20-21/h1-8,11H,9-10H2. The molecule has 0 atom stereocenters. The number of fused-ring (bicyclic) bond motifs is 3. The van der Waals surface area contributed by atoms with Gasteiger partial charge in [-0.2, -0.15) is 9.78 Å². The van der Waals surface area contributed by atoms with Crippen molar-refractivity contribution in [2.75, 3.05) is 6.61 Å². The molecule has 0 unspecified atom stereocenters. The van der Waals surface area contributed by atoms with Crippen LogP contribution in [0.3, 0.4) is 0 Å². The van der Waals surface area contributed by atoms with Crippen LogP contribution in [0, 0.1) is 0 Å². The van der Waals surface area contributed by atoms with Crippen molar-refractivity contribution in [3.8, 4) is 22.7 Å². The Morgan fingerprint density at radius 2 is 1.87 bits per heavy atom. The Kier molecular flexibility index (Phi) is 3.39. The van der Waals surface area contributed by atoms with Crippen molar-refractivity contribution in [1.29, 1.82) is 0 Å². The van der Waals surface area contributed by atoms with E-state index in [1.807, 2.05) is 24.3 Å². The third kappa shape index (κ3) is 2.51. The predicted octanol–water partition coefficient (Wildman–Crippen LogP) is 3.49. The fourth-order valence-electron chi connectivity index (χ4n) is 2.74. The van der Waals surface area contributed by atoms with Crippen molar-refractivity contribution in [2.24, 2.45) is 0 Å². The van der Waals surface area contributed by atoms with E-state index in [2.05, 4.69) is 5.10 Å². The molecule has 5 heteroatoms. The number of ether oxygens (including phenoxy) is 1. The normalized spacial score (nSPS) is 12.7. The van der Waals surface area contributed by atoms with Gasteiger partial charge >= 0.3 is 0 Å². The number of nitrogens with zero attached hydrogens (tertiary/aromatic N) is 2.